The standard InChI is InChI=1S/C29H33N3O7/c1-2-29(21-33,30-28(34)24-18-25(31(35)36)20-26(19-24)32(37)38)16-15-23-11-13-27(14-12-23)39-17-7-6-10-22-8-4-3-5-9-22/h3-5,8-9,11-14,18-20,33H,2,6-7,10,15-17,21H2,1H3,(H,30,34). The number of amides is 1. The van der Waals surface area contributed by atoms with Crippen molar-refractivity contribution in [2.45, 2.75) is 51.0 Å². The van der Waals surface area contributed by atoms with Crippen molar-refractivity contribution in [3.8, 4) is 5.75 Å². The lowest BCUT2D eigenvalue weighted by Crippen LogP contribution is -2.51. The summed E-state index contributed by atoms with van der Waals surface area (Å²) < 4.78 is 5.85. The number of nitrogens with zero attached hydrogens (tertiary/aromatic N) is 2. The molecule has 0 spiro atoms. The molecule has 3 aromatic rings. The maximum Gasteiger partial charge on any atom is 0.277 e. The molecule has 0 aromatic heterocycles. The van der Waals surface area contributed by atoms with Gasteiger partial charge in [0.1, 0.15) is 5.75 Å². The second kappa shape index (κ2) is 14.0. The Morgan fingerprint density at radius 2 is 1.51 bits per heavy atom. The van der Waals surface area contributed by atoms with Crippen LogP contribution in [0.4, 0.5) is 11.4 Å². The summed E-state index contributed by atoms with van der Waals surface area (Å²) in [6, 6.07) is 20.7. The van der Waals surface area contributed by atoms with Crippen LogP contribution in [0.15, 0.2) is 72.8 Å². The molecule has 3 rings (SSSR count). The summed E-state index contributed by atoms with van der Waals surface area (Å²) in [5.41, 5.74) is -0.0384. The number of aryl methyl sites for hydroxylation is 2. The Morgan fingerprint density at radius 1 is 0.897 bits per heavy atom. The average molecular weight is 536 g/mol. The van der Waals surface area contributed by atoms with E-state index in [4.69, 9.17) is 4.74 Å². The molecule has 3 aromatic carbocycles. The minimum absolute atomic E-state index is 0.215. The third-order valence-corrected chi connectivity index (χ3v) is 6.73. The summed E-state index contributed by atoms with van der Waals surface area (Å²) in [6.07, 6.45) is 4.32. The molecule has 0 bridgehead atoms. The molecule has 10 heteroatoms. The molecule has 39 heavy (non-hydrogen) atoms. The van der Waals surface area contributed by atoms with Crippen LogP contribution in [-0.4, -0.2) is 39.6 Å². The third-order valence-electron chi connectivity index (χ3n) is 6.73. The molecule has 0 heterocycles. The fourth-order valence-electron chi connectivity index (χ4n) is 4.21. The Hall–Kier alpha value is -4.31. The van der Waals surface area contributed by atoms with Gasteiger partial charge in [0.25, 0.3) is 17.3 Å². The first-order valence-corrected chi connectivity index (χ1v) is 12.9. The summed E-state index contributed by atoms with van der Waals surface area (Å²) >= 11 is 0. The van der Waals surface area contributed by atoms with Gasteiger partial charge in [0.2, 0.25) is 0 Å². The van der Waals surface area contributed by atoms with Crippen LogP contribution in [0.25, 0.3) is 0 Å². The maximum atomic E-state index is 12.9. The average Bonchev–Trinajstić information content (AvgIpc) is 2.96. The lowest BCUT2D eigenvalue weighted by molar-refractivity contribution is -0.394. The molecule has 2 N–H and O–H groups in total. The van der Waals surface area contributed by atoms with Gasteiger partial charge in [0.05, 0.1) is 40.2 Å². The lowest BCUT2D eigenvalue weighted by atomic mass is 9.89. The van der Waals surface area contributed by atoms with Gasteiger partial charge >= 0.3 is 0 Å². The van der Waals surface area contributed by atoms with E-state index in [1.54, 1.807) is 6.92 Å². The number of carbonyl (C=O) groups is 1. The second-order valence-electron chi connectivity index (χ2n) is 9.43. The van der Waals surface area contributed by atoms with Crippen molar-refractivity contribution < 1.29 is 24.5 Å². The zero-order chi connectivity index (χ0) is 28.3. The number of hydrogen-bond donors (Lipinski definition) is 2. The van der Waals surface area contributed by atoms with E-state index in [1.807, 2.05) is 42.5 Å². The number of unbranched alkanes of at least 4 members (excludes halogenated alkanes) is 1. The van der Waals surface area contributed by atoms with Crippen LogP contribution in [0.5, 0.6) is 5.75 Å². The highest BCUT2D eigenvalue weighted by Gasteiger charge is 2.31. The van der Waals surface area contributed by atoms with E-state index in [1.165, 1.54) is 5.56 Å². The Balaban J connectivity index is 1.55. The molecule has 0 aliphatic heterocycles. The molecule has 10 nitrogen and oxygen atoms in total. The van der Waals surface area contributed by atoms with Gasteiger partial charge in [-0.3, -0.25) is 25.0 Å². The SMILES string of the molecule is CCC(CO)(CCc1ccc(OCCCCc2ccccc2)cc1)NC(=O)c1cc([N+](=O)[O-])cc([N+](=O)[O-])c1. The Kier molecular flexibility index (Phi) is 10.5. The Labute approximate surface area is 226 Å². The van der Waals surface area contributed by atoms with Crippen molar-refractivity contribution in [2.75, 3.05) is 13.2 Å². The van der Waals surface area contributed by atoms with Gasteiger partial charge in [-0.2, -0.15) is 0 Å². The number of aliphatic hydroxyl groups is 1. The fourth-order valence-corrected chi connectivity index (χ4v) is 4.21. The van der Waals surface area contributed by atoms with Crippen LogP contribution >= 0.6 is 0 Å². The van der Waals surface area contributed by atoms with Crippen molar-refractivity contribution in [1.82, 2.24) is 5.32 Å². The van der Waals surface area contributed by atoms with E-state index in [9.17, 15) is 30.1 Å². The summed E-state index contributed by atoms with van der Waals surface area (Å²) in [5.74, 6) is 0.0386. The van der Waals surface area contributed by atoms with Gasteiger partial charge in [-0.25, -0.2) is 0 Å². The minimum atomic E-state index is -1.01. The fraction of sp³-hybridized carbons (Fsp3) is 0.345. The molecule has 0 saturated carbocycles. The molecule has 0 radical (unpaired) electrons. The molecule has 1 unspecified atom stereocenters. The Morgan fingerprint density at radius 3 is 2.08 bits per heavy atom. The summed E-state index contributed by atoms with van der Waals surface area (Å²) in [7, 11) is 0. The number of hydrogen-bond acceptors (Lipinski definition) is 7. The van der Waals surface area contributed by atoms with Gasteiger partial charge in [-0.15, -0.1) is 0 Å². The van der Waals surface area contributed by atoms with Crippen molar-refractivity contribution in [3.63, 3.8) is 0 Å². The number of ether oxygens (including phenoxy) is 1. The number of aliphatic hydroxyl groups excluding tert-OH is 1. The highest BCUT2D eigenvalue weighted by atomic mass is 16.6. The highest BCUT2D eigenvalue weighted by molar-refractivity contribution is 5.96. The first-order chi connectivity index (χ1) is 18.7. The number of nitro benzene ring substituents is 2. The van der Waals surface area contributed by atoms with E-state index in [0.29, 0.717) is 25.9 Å². The third kappa shape index (κ3) is 8.61. The first-order valence-electron chi connectivity index (χ1n) is 12.9. The summed E-state index contributed by atoms with van der Waals surface area (Å²) in [5, 5.41) is 35.2. The number of carbonyl (C=O) groups excluding carboxylic acids is 1. The van der Waals surface area contributed by atoms with Crippen molar-refractivity contribution >= 4 is 17.3 Å². The molecule has 206 valence electrons. The molecular formula is C29H33N3O7. The number of non-ortho nitro benzene ring substituents is 2. The van der Waals surface area contributed by atoms with E-state index in [0.717, 1.165) is 48.8 Å². The normalized spacial score (nSPS) is 12.4. The van der Waals surface area contributed by atoms with Crippen LogP contribution in [0, 0.1) is 20.2 Å². The predicted molar refractivity (Wildman–Crippen MR) is 147 cm³/mol. The summed E-state index contributed by atoms with van der Waals surface area (Å²) in [6.45, 7) is 2.06. The van der Waals surface area contributed by atoms with E-state index >= 15 is 0 Å². The second-order valence-corrected chi connectivity index (χ2v) is 9.43. The molecule has 0 aliphatic rings. The minimum Gasteiger partial charge on any atom is -0.494 e. The van der Waals surface area contributed by atoms with Crippen LogP contribution in [0.2, 0.25) is 0 Å². The molecule has 1 atom stereocenters. The largest absolute Gasteiger partial charge is 0.494 e. The molecule has 0 aliphatic carbocycles. The quantitative estimate of drug-likeness (QED) is 0.150. The topological polar surface area (TPSA) is 145 Å². The molecule has 0 saturated heterocycles. The predicted octanol–water partition coefficient (Wildman–Crippen LogP) is 5.41. The molecule has 0 fully saturated rings. The summed E-state index contributed by atoms with van der Waals surface area (Å²) in [4.78, 5) is 33.7. The van der Waals surface area contributed by atoms with Crippen LogP contribution in [-0.2, 0) is 12.8 Å². The zero-order valence-corrected chi connectivity index (χ0v) is 21.9. The van der Waals surface area contributed by atoms with Crippen LogP contribution in [0.3, 0.4) is 0 Å². The monoisotopic (exact) mass is 535 g/mol. The van der Waals surface area contributed by atoms with E-state index in [2.05, 4.69) is 17.4 Å². The van der Waals surface area contributed by atoms with Gasteiger partial charge in [-0.05, 0) is 61.8 Å². The van der Waals surface area contributed by atoms with E-state index in [-0.39, 0.29) is 12.2 Å². The smallest absolute Gasteiger partial charge is 0.277 e. The van der Waals surface area contributed by atoms with Crippen molar-refractivity contribution in [2.24, 2.45) is 0 Å². The van der Waals surface area contributed by atoms with Crippen molar-refractivity contribution in [1.29, 1.82) is 0 Å². The Bertz CT molecular complexity index is 1230. The zero-order valence-electron chi connectivity index (χ0n) is 21.9. The number of rotatable bonds is 15. The number of benzene rings is 3. The van der Waals surface area contributed by atoms with Crippen molar-refractivity contribution in [3.05, 3.63) is 110 Å². The number of nitro groups is 2. The lowest BCUT2D eigenvalue weighted by Gasteiger charge is -2.32. The van der Waals surface area contributed by atoms with Crippen LogP contribution < -0.4 is 10.1 Å². The number of nitrogens with one attached hydrogen (secondary N) is 1. The maximum absolute atomic E-state index is 12.9. The van der Waals surface area contributed by atoms with Gasteiger partial charge in [0.15, 0.2) is 0 Å². The molecule has 1 amide bonds. The van der Waals surface area contributed by atoms with E-state index < -0.39 is 32.7 Å². The van der Waals surface area contributed by atoms with Gasteiger partial charge in [-0.1, -0.05) is 49.4 Å². The van der Waals surface area contributed by atoms with Crippen LogP contribution in [0.1, 0.15) is 54.1 Å². The van der Waals surface area contributed by atoms with Gasteiger partial charge < -0.3 is 15.2 Å². The molecular weight excluding hydrogens is 502 g/mol. The first kappa shape index (κ1) is 29.2. The highest BCUT2D eigenvalue weighted by Crippen LogP contribution is 2.25. The van der Waals surface area contributed by atoms with Gasteiger partial charge in [0, 0.05) is 12.1 Å².